The molecule has 2 rings (SSSR count). The summed E-state index contributed by atoms with van der Waals surface area (Å²) >= 11 is 1.79. The summed E-state index contributed by atoms with van der Waals surface area (Å²) in [6.45, 7) is 12.6. The molecular weight excluding hydrogens is 284 g/mol. The van der Waals surface area contributed by atoms with Crippen LogP contribution >= 0.6 is 11.3 Å². The molecule has 0 bridgehead atoms. The molecule has 2 heterocycles. The van der Waals surface area contributed by atoms with Gasteiger partial charge in [0.25, 0.3) is 0 Å². The van der Waals surface area contributed by atoms with Crippen LogP contribution < -0.4 is 0 Å². The zero-order chi connectivity index (χ0) is 15.6. The molecule has 1 fully saturated rings. The lowest BCUT2D eigenvalue weighted by Crippen LogP contribution is -2.55. The van der Waals surface area contributed by atoms with E-state index in [0.717, 1.165) is 19.6 Å². The number of nitrogens with zero attached hydrogens (tertiary/aromatic N) is 2. The third-order valence-corrected chi connectivity index (χ3v) is 4.83. The van der Waals surface area contributed by atoms with Gasteiger partial charge in [-0.05, 0) is 46.1 Å². The van der Waals surface area contributed by atoms with Gasteiger partial charge in [0.2, 0.25) is 0 Å². The van der Waals surface area contributed by atoms with Crippen molar-refractivity contribution < 1.29 is 9.53 Å². The first-order valence-electron chi connectivity index (χ1n) is 7.55. The lowest BCUT2D eigenvalue weighted by molar-refractivity contribution is -0.00328. The number of thiophene rings is 1. The fourth-order valence-corrected chi connectivity index (χ4v) is 3.46. The van der Waals surface area contributed by atoms with E-state index in [0.29, 0.717) is 6.04 Å². The second-order valence-electron chi connectivity index (χ2n) is 6.71. The predicted molar refractivity (Wildman–Crippen MR) is 86.7 cm³/mol. The Hall–Kier alpha value is -1.07. The number of ether oxygens (including phenoxy) is 1. The summed E-state index contributed by atoms with van der Waals surface area (Å²) < 4.78 is 5.49. The molecule has 21 heavy (non-hydrogen) atoms. The Morgan fingerprint density at radius 2 is 2.14 bits per heavy atom. The summed E-state index contributed by atoms with van der Waals surface area (Å²) in [5, 5.41) is 2.12. The van der Waals surface area contributed by atoms with Gasteiger partial charge < -0.3 is 9.64 Å². The van der Waals surface area contributed by atoms with Gasteiger partial charge in [-0.3, -0.25) is 4.90 Å². The smallest absolute Gasteiger partial charge is 0.410 e. The number of hydrogen-bond acceptors (Lipinski definition) is 4. The van der Waals surface area contributed by atoms with Gasteiger partial charge in [0.05, 0.1) is 0 Å². The van der Waals surface area contributed by atoms with Crippen LogP contribution in [-0.2, 0) is 4.74 Å². The van der Waals surface area contributed by atoms with Crippen molar-refractivity contribution >= 4 is 17.4 Å². The highest BCUT2D eigenvalue weighted by molar-refractivity contribution is 7.10. The quantitative estimate of drug-likeness (QED) is 0.834. The molecule has 1 aliphatic heterocycles. The summed E-state index contributed by atoms with van der Waals surface area (Å²) in [5.74, 6) is 0. The van der Waals surface area contributed by atoms with Crippen LogP contribution in [0.1, 0.15) is 45.5 Å². The minimum Gasteiger partial charge on any atom is -0.444 e. The van der Waals surface area contributed by atoms with E-state index in [9.17, 15) is 4.79 Å². The molecule has 0 unspecified atom stereocenters. The van der Waals surface area contributed by atoms with Crippen LogP contribution in [-0.4, -0.2) is 47.2 Å². The van der Waals surface area contributed by atoms with Crippen LogP contribution in [0.2, 0.25) is 0 Å². The van der Waals surface area contributed by atoms with Gasteiger partial charge in [0.1, 0.15) is 5.60 Å². The molecule has 1 aromatic rings. The van der Waals surface area contributed by atoms with Gasteiger partial charge in [-0.25, -0.2) is 4.79 Å². The Bertz CT molecular complexity index is 467. The second-order valence-corrected chi connectivity index (χ2v) is 7.69. The fourth-order valence-electron chi connectivity index (χ4n) is 2.64. The van der Waals surface area contributed by atoms with Crippen molar-refractivity contribution in [3.8, 4) is 0 Å². The van der Waals surface area contributed by atoms with Gasteiger partial charge >= 0.3 is 6.09 Å². The van der Waals surface area contributed by atoms with E-state index in [-0.39, 0.29) is 12.1 Å². The standard InChI is InChI=1S/C16H26N2O2S/c1-12-11-17(13(2)14-7-6-10-21-14)8-9-18(12)15(19)20-16(3,4)5/h6-7,10,12-13H,8-9,11H2,1-5H3/t12-,13+/m0/s1. The van der Waals surface area contributed by atoms with Crippen molar-refractivity contribution in [2.24, 2.45) is 0 Å². The van der Waals surface area contributed by atoms with Crippen LogP contribution in [0.5, 0.6) is 0 Å². The average Bonchev–Trinajstić information content (AvgIpc) is 2.89. The second kappa shape index (κ2) is 6.36. The first-order chi connectivity index (χ1) is 9.78. The number of piperazine rings is 1. The zero-order valence-corrected chi connectivity index (χ0v) is 14.4. The van der Waals surface area contributed by atoms with Crippen molar-refractivity contribution in [1.82, 2.24) is 9.80 Å². The Morgan fingerprint density at radius 3 is 2.67 bits per heavy atom. The lowest BCUT2D eigenvalue weighted by atomic mass is 10.1. The molecule has 0 saturated carbocycles. The number of rotatable bonds is 2. The largest absolute Gasteiger partial charge is 0.444 e. The van der Waals surface area contributed by atoms with Gasteiger partial charge in [-0.2, -0.15) is 0 Å². The molecule has 2 atom stereocenters. The molecule has 0 N–H and O–H groups in total. The van der Waals surface area contributed by atoms with E-state index in [1.807, 2.05) is 25.7 Å². The van der Waals surface area contributed by atoms with Crippen LogP contribution in [0.25, 0.3) is 0 Å². The van der Waals surface area contributed by atoms with Crippen molar-refractivity contribution in [3.05, 3.63) is 22.4 Å². The molecule has 0 spiro atoms. The molecule has 1 aliphatic rings. The third-order valence-electron chi connectivity index (χ3n) is 3.79. The van der Waals surface area contributed by atoms with Crippen LogP contribution in [0.4, 0.5) is 4.79 Å². The first-order valence-corrected chi connectivity index (χ1v) is 8.43. The number of hydrogen-bond donors (Lipinski definition) is 0. The third kappa shape index (κ3) is 4.20. The molecule has 1 aromatic heterocycles. The summed E-state index contributed by atoms with van der Waals surface area (Å²) in [6, 6.07) is 4.86. The number of amides is 1. The first kappa shape index (κ1) is 16.3. The SMILES string of the molecule is C[C@H](c1cccs1)N1CCN(C(=O)OC(C)(C)C)[C@@H](C)C1. The Balaban J connectivity index is 1.94. The maximum Gasteiger partial charge on any atom is 0.410 e. The minimum absolute atomic E-state index is 0.177. The topological polar surface area (TPSA) is 32.8 Å². The van der Waals surface area contributed by atoms with Crippen molar-refractivity contribution in [2.75, 3.05) is 19.6 Å². The molecular formula is C16H26N2O2S. The Morgan fingerprint density at radius 1 is 1.43 bits per heavy atom. The van der Waals surface area contributed by atoms with Crippen molar-refractivity contribution in [2.45, 2.75) is 52.3 Å². The monoisotopic (exact) mass is 310 g/mol. The highest BCUT2D eigenvalue weighted by Gasteiger charge is 2.32. The summed E-state index contributed by atoms with van der Waals surface area (Å²) in [5.41, 5.74) is -0.432. The van der Waals surface area contributed by atoms with Gasteiger partial charge in [0.15, 0.2) is 0 Å². The number of carbonyl (C=O) groups is 1. The molecule has 0 radical (unpaired) electrons. The number of carbonyl (C=O) groups excluding carboxylic acids is 1. The van der Waals surface area contributed by atoms with E-state index in [2.05, 4.69) is 36.3 Å². The van der Waals surface area contributed by atoms with Gasteiger partial charge in [-0.15, -0.1) is 11.3 Å². The normalized spacial score (nSPS) is 22.1. The maximum atomic E-state index is 12.2. The van der Waals surface area contributed by atoms with E-state index < -0.39 is 5.60 Å². The highest BCUT2D eigenvalue weighted by Crippen LogP contribution is 2.27. The van der Waals surface area contributed by atoms with Crippen LogP contribution in [0.3, 0.4) is 0 Å². The van der Waals surface area contributed by atoms with E-state index >= 15 is 0 Å². The summed E-state index contributed by atoms with van der Waals surface area (Å²) in [6.07, 6.45) is -0.196. The summed E-state index contributed by atoms with van der Waals surface area (Å²) in [7, 11) is 0. The van der Waals surface area contributed by atoms with Crippen molar-refractivity contribution in [1.29, 1.82) is 0 Å². The lowest BCUT2D eigenvalue weighted by Gasteiger charge is -2.42. The highest BCUT2D eigenvalue weighted by atomic mass is 32.1. The zero-order valence-electron chi connectivity index (χ0n) is 13.6. The Labute approximate surface area is 131 Å². The Kier molecular flexibility index (Phi) is 4.94. The van der Waals surface area contributed by atoms with Crippen molar-refractivity contribution in [3.63, 3.8) is 0 Å². The molecule has 5 heteroatoms. The van der Waals surface area contributed by atoms with Crippen LogP contribution in [0.15, 0.2) is 17.5 Å². The van der Waals surface area contributed by atoms with E-state index in [4.69, 9.17) is 4.74 Å². The van der Waals surface area contributed by atoms with Gasteiger partial charge in [-0.1, -0.05) is 6.07 Å². The van der Waals surface area contributed by atoms with Crippen LogP contribution in [0, 0.1) is 0 Å². The van der Waals surface area contributed by atoms with Gasteiger partial charge in [0, 0.05) is 36.6 Å². The molecule has 1 saturated heterocycles. The van der Waals surface area contributed by atoms with E-state index in [1.165, 1.54) is 4.88 Å². The molecule has 118 valence electrons. The van der Waals surface area contributed by atoms with E-state index in [1.54, 1.807) is 11.3 Å². The fraction of sp³-hybridized carbons (Fsp3) is 0.688. The average molecular weight is 310 g/mol. The maximum absolute atomic E-state index is 12.2. The molecule has 4 nitrogen and oxygen atoms in total. The minimum atomic E-state index is -0.432. The molecule has 0 aliphatic carbocycles. The molecule has 1 amide bonds. The predicted octanol–water partition coefficient (Wildman–Crippen LogP) is 3.75. The molecule has 0 aromatic carbocycles. The summed E-state index contributed by atoms with van der Waals surface area (Å²) in [4.78, 5) is 17.9.